The molecule has 4 heterocycles. The molecular weight excluding hydrogens is 599 g/mol. The molecule has 0 radical (unpaired) electrons. The monoisotopic (exact) mass is 630 g/mol. The molecule has 1 aromatic rings. The fourth-order valence-electron chi connectivity index (χ4n) is 5.32. The van der Waals surface area contributed by atoms with E-state index in [1.807, 2.05) is 41.8 Å². The number of aliphatic hydroxyl groups is 1. The van der Waals surface area contributed by atoms with E-state index in [-0.39, 0.29) is 59.4 Å². The van der Waals surface area contributed by atoms with E-state index in [9.17, 15) is 24.6 Å². The number of hydroxylamine groups is 2. The van der Waals surface area contributed by atoms with Gasteiger partial charge in [0.15, 0.2) is 0 Å². The van der Waals surface area contributed by atoms with Gasteiger partial charge in [0.2, 0.25) is 12.2 Å². The number of aryl methyl sites for hydroxylation is 2. The maximum absolute atomic E-state index is 12.6. The van der Waals surface area contributed by atoms with Crippen molar-refractivity contribution in [3.63, 3.8) is 0 Å². The number of carboxylic acid groups (broad SMARTS) is 1. The molecule has 12 heteroatoms. The van der Waals surface area contributed by atoms with E-state index < -0.39 is 24.0 Å². The Balaban J connectivity index is 0.00000361. The lowest BCUT2D eigenvalue weighted by atomic mass is 9.79. The number of imidazole rings is 1. The molecular formula is C24H31IN4O6S. The van der Waals surface area contributed by atoms with Crippen LogP contribution in [-0.2, 0) is 32.8 Å². The molecule has 2 saturated heterocycles. The van der Waals surface area contributed by atoms with Crippen molar-refractivity contribution in [2.45, 2.75) is 50.3 Å². The van der Waals surface area contributed by atoms with E-state index >= 15 is 0 Å². The number of amides is 1. The number of hydrogen-bond acceptors (Lipinski definition) is 7. The van der Waals surface area contributed by atoms with Gasteiger partial charge in [-0.25, -0.2) is 18.7 Å². The summed E-state index contributed by atoms with van der Waals surface area (Å²) in [5, 5.41) is 21.4. The Morgan fingerprint density at radius 2 is 2.19 bits per heavy atom. The van der Waals surface area contributed by atoms with Crippen LogP contribution in [0.1, 0.15) is 20.3 Å². The van der Waals surface area contributed by atoms with Gasteiger partial charge in [-0.05, 0) is 6.92 Å². The summed E-state index contributed by atoms with van der Waals surface area (Å²) in [7, 11) is 1.93. The average Bonchev–Trinajstić information content (AvgIpc) is 3.43. The smallest absolute Gasteiger partial charge is 0.353 e. The molecule has 196 valence electrons. The summed E-state index contributed by atoms with van der Waals surface area (Å²) in [6, 6.07) is -0.730. The number of halogens is 1. The zero-order chi connectivity index (χ0) is 25.4. The predicted molar refractivity (Wildman–Crippen MR) is 127 cm³/mol. The molecule has 0 aliphatic carbocycles. The van der Waals surface area contributed by atoms with Crippen LogP contribution in [-0.4, -0.2) is 79.2 Å². The minimum Gasteiger partial charge on any atom is -1.00 e. The molecule has 0 spiro atoms. The third-order valence-corrected chi connectivity index (χ3v) is 8.45. The Morgan fingerprint density at radius 1 is 1.47 bits per heavy atom. The van der Waals surface area contributed by atoms with E-state index in [1.165, 1.54) is 16.7 Å². The molecule has 0 bridgehead atoms. The number of fused-ring (bicyclic) bond motifs is 1. The lowest BCUT2D eigenvalue weighted by Crippen LogP contribution is -3.00. The van der Waals surface area contributed by atoms with Crippen molar-refractivity contribution >= 4 is 29.6 Å². The van der Waals surface area contributed by atoms with Gasteiger partial charge in [0.25, 0.3) is 0 Å². The van der Waals surface area contributed by atoms with Gasteiger partial charge in [0.1, 0.15) is 24.0 Å². The number of carboxylic acids is 1. The van der Waals surface area contributed by atoms with Gasteiger partial charge < -0.3 is 39.1 Å². The maximum Gasteiger partial charge on any atom is 0.353 e. The summed E-state index contributed by atoms with van der Waals surface area (Å²) < 4.78 is 3.95. The second-order valence-electron chi connectivity index (χ2n) is 9.24. The first-order valence-electron chi connectivity index (χ1n) is 11.6. The number of carbonyl (C=O) groups excluding carboxylic acids is 2. The normalized spacial score (nSPS) is 28.4. The average molecular weight is 631 g/mol. The third-order valence-electron chi connectivity index (χ3n) is 6.94. The Bertz CT molecular complexity index is 1110. The van der Waals surface area contributed by atoms with E-state index in [1.54, 1.807) is 18.1 Å². The molecule has 0 unspecified atom stereocenters. The van der Waals surface area contributed by atoms with Crippen LogP contribution in [0.15, 0.2) is 47.6 Å². The first kappa shape index (κ1) is 28.6. The number of aliphatic carboxylic acids is 1. The number of aliphatic hydroxyl groups excluding tert-OH is 1. The van der Waals surface area contributed by atoms with E-state index in [2.05, 4.69) is 12.5 Å². The SMILES string of the molecule is C=CCON1C[C@@H](SC2=C(C(=O)O)N3C(=O)[C@H]([C@@H](C)O)[C@H]3[C@H]2C)C(=C=O)[C@H]1CC[n+]1ccn(C)c1.[I-]. The van der Waals surface area contributed by atoms with Gasteiger partial charge in [-0.15, -0.1) is 18.3 Å². The molecule has 4 rings (SSSR count). The number of rotatable bonds is 10. The van der Waals surface area contributed by atoms with Gasteiger partial charge in [-0.1, -0.05) is 13.0 Å². The minimum absolute atomic E-state index is 0. The highest BCUT2D eigenvalue weighted by Gasteiger charge is 2.60. The Kier molecular flexibility index (Phi) is 9.23. The van der Waals surface area contributed by atoms with Gasteiger partial charge in [-0.2, -0.15) is 5.06 Å². The fourth-order valence-corrected chi connectivity index (χ4v) is 6.83. The molecule has 10 nitrogen and oxygen atoms in total. The van der Waals surface area contributed by atoms with Gasteiger partial charge in [0, 0.05) is 29.4 Å². The van der Waals surface area contributed by atoms with E-state index in [0.717, 1.165) is 0 Å². The van der Waals surface area contributed by atoms with Crippen molar-refractivity contribution in [1.29, 1.82) is 0 Å². The van der Waals surface area contributed by atoms with Crippen molar-refractivity contribution in [2.24, 2.45) is 18.9 Å². The van der Waals surface area contributed by atoms with Crippen LogP contribution in [0.2, 0.25) is 0 Å². The van der Waals surface area contributed by atoms with E-state index in [0.29, 0.717) is 30.0 Å². The molecule has 3 aliphatic heterocycles. The Hall–Kier alpha value is -1.96. The molecule has 6 atom stereocenters. The van der Waals surface area contributed by atoms with Gasteiger partial charge in [-0.3, -0.25) is 9.63 Å². The second-order valence-corrected chi connectivity index (χ2v) is 10.5. The highest BCUT2D eigenvalue weighted by atomic mass is 127. The second kappa shape index (κ2) is 11.6. The lowest BCUT2D eigenvalue weighted by molar-refractivity contribution is -0.697. The number of nitrogens with zero attached hydrogens (tertiary/aromatic N) is 4. The molecule has 0 aromatic carbocycles. The number of carbonyl (C=O) groups is 2. The minimum atomic E-state index is -1.19. The summed E-state index contributed by atoms with van der Waals surface area (Å²) in [4.78, 5) is 44.7. The summed E-state index contributed by atoms with van der Waals surface area (Å²) in [5.74, 6) is -0.370. The first-order valence-corrected chi connectivity index (χ1v) is 12.5. The molecule has 36 heavy (non-hydrogen) atoms. The molecule has 1 aromatic heterocycles. The molecule has 1 amide bonds. The quantitative estimate of drug-likeness (QED) is 0.0962. The molecule has 2 N–H and O–H groups in total. The van der Waals surface area contributed by atoms with Crippen molar-refractivity contribution in [3.05, 3.63) is 47.6 Å². The zero-order valence-electron chi connectivity index (χ0n) is 20.4. The van der Waals surface area contributed by atoms with Crippen LogP contribution in [0, 0.1) is 11.8 Å². The predicted octanol–water partition coefficient (Wildman–Crippen LogP) is -2.48. The highest BCUT2D eigenvalue weighted by Crippen LogP contribution is 2.52. The Labute approximate surface area is 231 Å². The number of thioether (sulfide) groups is 1. The van der Waals surface area contributed by atoms with Crippen molar-refractivity contribution in [3.8, 4) is 0 Å². The third kappa shape index (κ3) is 5.07. The summed E-state index contributed by atoms with van der Waals surface area (Å²) in [5.41, 5.74) is 0.453. The lowest BCUT2D eigenvalue weighted by Gasteiger charge is -2.46. The van der Waals surface area contributed by atoms with Crippen LogP contribution in [0.4, 0.5) is 0 Å². The fraction of sp³-hybridized carbons (Fsp3) is 0.542. The molecule has 2 fully saturated rings. The number of aromatic nitrogens is 2. The van der Waals surface area contributed by atoms with Crippen LogP contribution >= 0.6 is 11.8 Å². The number of hydrogen-bond donors (Lipinski definition) is 2. The Morgan fingerprint density at radius 3 is 2.75 bits per heavy atom. The number of β-lactam (4-membered cyclic amide) rings is 1. The molecule has 0 saturated carbocycles. The maximum atomic E-state index is 12.6. The van der Waals surface area contributed by atoms with Crippen molar-refractivity contribution in [1.82, 2.24) is 14.5 Å². The standard InChI is InChI=1S/C24H30N4O6S.HI/c1-5-10-34-27-11-18(16(12-29)17(27)6-7-26-9-8-25(4)13-26)35-22-14(2)20-19(15(3)30)23(31)28(20)21(22)24(32)33;/h5,8-9,13-15,17-20,30H,1,6-7,10-11H2,2-4H3;1H/t14-,15-,17-,18-,19-,20-;/m1./s1. The summed E-state index contributed by atoms with van der Waals surface area (Å²) >= 11 is 1.29. The molecule has 3 aliphatic rings. The topological polar surface area (TPSA) is 116 Å². The van der Waals surface area contributed by atoms with Crippen LogP contribution in [0.5, 0.6) is 0 Å². The zero-order valence-corrected chi connectivity index (χ0v) is 23.4. The summed E-state index contributed by atoms with van der Waals surface area (Å²) in [6.45, 7) is 8.41. The summed E-state index contributed by atoms with van der Waals surface area (Å²) in [6.07, 6.45) is 7.19. The largest absolute Gasteiger partial charge is 1.00 e. The highest BCUT2D eigenvalue weighted by molar-refractivity contribution is 8.04. The van der Waals surface area contributed by atoms with Crippen molar-refractivity contribution < 1.29 is 58.0 Å². The first-order chi connectivity index (χ1) is 16.7. The van der Waals surface area contributed by atoms with Gasteiger partial charge >= 0.3 is 5.97 Å². The van der Waals surface area contributed by atoms with Crippen LogP contribution < -0.4 is 28.5 Å². The van der Waals surface area contributed by atoms with Gasteiger partial charge in [0.05, 0.1) is 49.6 Å². The van der Waals surface area contributed by atoms with E-state index in [4.69, 9.17) is 4.84 Å². The van der Waals surface area contributed by atoms with Crippen LogP contribution in [0.3, 0.4) is 0 Å². The van der Waals surface area contributed by atoms with Crippen molar-refractivity contribution in [2.75, 3.05) is 13.2 Å². The van der Waals surface area contributed by atoms with Crippen LogP contribution in [0.25, 0.3) is 0 Å².